The van der Waals surface area contributed by atoms with Crippen molar-refractivity contribution in [3.8, 4) is 0 Å². The van der Waals surface area contributed by atoms with E-state index in [4.69, 9.17) is 0 Å². The Morgan fingerprint density at radius 3 is 2.67 bits per heavy atom. The molecule has 1 saturated heterocycles. The summed E-state index contributed by atoms with van der Waals surface area (Å²) in [5.74, 6) is 0.267. The summed E-state index contributed by atoms with van der Waals surface area (Å²) in [5.41, 5.74) is 1.29. The summed E-state index contributed by atoms with van der Waals surface area (Å²) < 4.78 is 23.0. The van der Waals surface area contributed by atoms with Crippen LogP contribution in [-0.4, -0.2) is 43.3 Å². The largest absolute Gasteiger partial charge is 0.366 e. The lowest BCUT2D eigenvalue weighted by Crippen LogP contribution is -2.47. The molecule has 0 aliphatic carbocycles. The van der Waals surface area contributed by atoms with Gasteiger partial charge >= 0.3 is 0 Å². The molecule has 0 saturated carbocycles. The number of carbonyl (C=O) groups is 1. The highest BCUT2D eigenvalue weighted by molar-refractivity contribution is 7.91. The van der Waals surface area contributed by atoms with Crippen molar-refractivity contribution in [1.29, 1.82) is 0 Å². The maximum absolute atomic E-state index is 11.5. The topological polar surface area (TPSA) is 67.3 Å². The van der Waals surface area contributed by atoms with Gasteiger partial charge < -0.3 is 4.90 Å². The molecule has 1 aliphatic rings. The molecule has 1 fully saturated rings. The number of sulfone groups is 1. The van der Waals surface area contributed by atoms with Crippen LogP contribution < -0.4 is 4.90 Å². The van der Waals surface area contributed by atoms with Gasteiger partial charge in [0, 0.05) is 19.5 Å². The van der Waals surface area contributed by atoms with E-state index >= 15 is 0 Å². The lowest BCUT2D eigenvalue weighted by Gasteiger charge is -2.34. The predicted octanol–water partition coefficient (Wildman–Crippen LogP) is 0.907. The summed E-state index contributed by atoms with van der Waals surface area (Å²) in [7, 11) is -2.91. The van der Waals surface area contributed by atoms with Crippen molar-refractivity contribution in [3.05, 3.63) is 24.0 Å². The molecule has 1 aliphatic heterocycles. The summed E-state index contributed by atoms with van der Waals surface area (Å²) in [5, 5.41) is 0. The van der Waals surface area contributed by atoms with E-state index in [2.05, 4.69) is 4.98 Å². The molecule has 0 radical (unpaired) electrons. The Hall–Kier alpha value is -1.43. The summed E-state index contributed by atoms with van der Waals surface area (Å²) in [4.78, 5) is 17.2. The van der Waals surface area contributed by atoms with Crippen molar-refractivity contribution >= 4 is 21.3 Å². The van der Waals surface area contributed by atoms with Gasteiger partial charge in [-0.3, -0.25) is 9.78 Å². The summed E-state index contributed by atoms with van der Waals surface area (Å²) in [6.45, 7) is 3.83. The smallest absolute Gasteiger partial charge is 0.178 e. The van der Waals surface area contributed by atoms with Gasteiger partial charge in [-0.05, 0) is 19.1 Å². The van der Waals surface area contributed by atoms with Crippen molar-refractivity contribution in [2.75, 3.05) is 23.0 Å². The Labute approximate surface area is 107 Å². The number of rotatable bonds is 2. The number of aromatic nitrogens is 1. The monoisotopic (exact) mass is 268 g/mol. The Kier molecular flexibility index (Phi) is 3.38. The van der Waals surface area contributed by atoms with E-state index in [9.17, 15) is 13.2 Å². The molecule has 0 N–H and O–H groups in total. The number of Topliss-reactive ketones (excluding diaryl/α,β-unsaturated/α-hetero) is 1. The second-order valence-electron chi connectivity index (χ2n) is 4.61. The normalized spacial score (nSPS) is 22.8. The van der Waals surface area contributed by atoms with Gasteiger partial charge in [0.2, 0.25) is 0 Å². The fourth-order valence-electron chi connectivity index (χ4n) is 2.15. The zero-order valence-corrected chi connectivity index (χ0v) is 11.3. The molecule has 0 bridgehead atoms. The predicted molar refractivity (Wildman–Crippen MR) is 69.7 cm³/mol. The standard InChI is InChI=1S/C12H16N2O3S/c1-9-8-18(16,17)6-5-14(9)11-3-4-12(10(2)15)13-7-11/h3-4,7,9H,5-6,8H2,1-2H3. The van der Waals surface area contributed by atoms with E-state index in [0.717, 1.165) is 5.69 Å². The maximum Gasteiger partial charge on any atom is 0.178 e. The van der Waals surface area contributed by atoms with Crippen LogP contribution >= 0.6 is 0 Å². The molecule has 0 spiro atoms. The average molecular weight is 268 g/mol. The summed E-state index contributed by atoms with van der Waals surface area (Å²) in [6.07, 6.45) is 1.63. The molecule has 98 valence electrons. The van der Waals surface area contributed by atoms with Crippen molar-refractivity contribution in [2.24, 2.45) is 0 Å². The molecular weight excluding hydrogens is 252 g/mol. The van der Waals surface area contributed by atoms with E-state index in [0.29, 0.717) is 12.2 Å². The summed E-state index contributed by atoms with van der Waals surface area (Å²) >= 11 is 0. The van der Waals surface area contributed by atoms with Crippen molar-refractivity contribution in [2.45, 2.75) is 19.9 Å². The molecule has 2 rings (SSSR count). The Morgan fingerprint density at radius 2 is 2.17 bits per heavy atom. The second-order valence-corrected chi connectivity index (χ2v) is 6.84. The minimum absolute atomic E-state index is 0.0614. The molecular formula is C12H16N2O3S. The number of pyridine rings is 1. The van der Waals surface area contributed by atoms with Crippen LogP contribution in [0.15, 0.2) is 18.3 Å². The van der Waals surface area contributed by atoms with Gasteiger partial charge in [-0.1, -0.05) is 0 Å². The van der Waals surface area contributed by atoms with E-state index in [-0.39, 0.29) is 23.3 Å². The third-order valence-electron chi connectivity index (χ3n) is 3.11. The molecule has 6 heteroatoms. The molecule has 1 unspecified atom stereocenters. The minimum atomic E-state index is -2.91. The minimum Gasteiger partial charge on any atom is -0.366 e. The van der Waals surface area contributed by atoms with Gasteiger partial charge in [0.25, 0.3) is 0 Å². The van der Waals surface area contributed by atoms with Crippen LogP contribution in [0.5, 0.6) is 0 Å². The SMILES string of the molecule is CC(=O)c1ccc(N2CCS(=O)(=O)CC2C)cn1. The Balaban J connectivity index is 2.20. The zero-order chi connectivity index (χ0) is 13.3. The summed E-state index contributed by atoms with van der Waals surface area (Å²) in [6, 6.07) is 3.43. The quantitative estimate of drug-likeness (QED) is 0.746. The van der Waals surface area contributed by atoms with E-state index in [1.807, 2.05) is 17.9 Å². The third kappa shape index (κ3) is 2.69. The molecule has 1 aromatic heterocycles. The van der Waals surface area contributed by atoms with Crippen LogP contribution in [0.1, 0.15) is 24.3 Å². The number of anilines is 1. The van der Waals surface area contributed by atoms with Gasteiger partial charge in [-0.15, -0.1) is 0 Å². The van der Waals surface area contributed by atoms with Gasteiger partial charge in [0.05, 0.1) is 23.4 Å². The Morgan fingerprint density at radius 1 is 1.44 bits per heavy atom. The number of nitrogens with zero attached hydrogens (tertiary/aromatic N) is 2. The van der Waals surface area contributed by atoms with Crippen LogP contribution in [0.4, 0.5) is 5.69 Å². The third-order valence-corrected chi connectivity index (χ3v) is 4.91. The van der Waals surface area contributed by atoms with Crippen molar-refractivity contribution in [3.63, 3.8) is 0 Å². The van der Waals surface area contributed by atoms with Crippen molar-refractivity contribution < 1.29 is 13.2 Å². The first kappa shape index (κ1) is 13.0. The average Bonchev–Trinajstić information content (AvgIpc) is 2.28. The molecule has 2 heterocycles. The highest BCUT2D eigenvalue weighted by atomic mass is 32.2. The molecule has 1 atom stereocenters. The van der Waals surface area contributed by atoms with Crippen LogP contribution in [0, 0.1) is 0 Å². The molecule has 18 heavy (non-hydrogen) atoms. The van der Waals surface area contributed by atoms with E-state index < -0.39 is 9.84 Å². The number of ketones is 1. The van der Waals surface area contributed by atoms with Crippen LogP contribution in [0.2, 0.25) is 0 Å². The van der Waals surface area contributed by atoms with E-state index in [1.54, 1.807) is 12.3 Å². The number of hydrogen-bond donors (Lipinski definition) is 0. The molecule has 1 aromatic rings. The van der Waals surface area contributed by atoms with Crippen LogP contribution in [0.25, 0.3) is 0 Å². The van der Waals surface area contributed by atoms with Gasteiger partial charge in [-0.2, -0.15) is 0 Å². The Bertz CT molecular complexity index is 551. The molecule has 0 aromatic carbocycles. The fourth-order valence-corrected chi connectivity index (χ4v) is 3.70. The fraction of sp³-hybridized carbons (Fsp3) is 0.500. The zero-order valence-electron chi connectivity index (χ0n) is 10.5. The molecule has 0 amide bonds. The van der Waals surface area contributed by atoms with Gasteiger partial charge in [0.15, 0.2) is 15.6 Å². The first-order valence-corrected chi connectivity index (χ1v) is 7.65. The van der Waals surface area contributed by atoms with Gasteiger partial charge in [0.1, 0.15) is 5.69 Å². The van der Waals surface area contributed by atoms with Gasteiger partial charge in [-0.25, -0.2) is 8.42 Å². The first-order chi connectivity index (χ1) is 8.39. The van der Waals surface area contributed by atoms with Crippen molar-refractivity contribution in [1.82, 2.24) is 4.98 Å². The number of hydrogen-bond acceptors (Lipinski definition) is 5. The van der Waals surface area contributed by atoms with E-state index in [1.165, 1.54) is 6.92 Å². The second kappa shape index (κ2) is 4.68. The molecule has 5 nitrogen and oxygen atoms in total. The van der Waals surface area contributed by atoms with Crippen LogP contribution in [0.3, 0.4) is 0 Å². The lowest BCUT2D eigenvalue weighted by atomic mass is 10.2. The highest BCUT2D eigenvalue weighted by Gasteiger charge is 2.28. The number of carbonyl (C=O) groups excluding carboxylic acids is 1. The van der Waals surface area contributed by atoms with Crippen LogP contribution in [-0.2, 0) is 9.84 Å². The highest BCUT2D eigenvalue weighted by Crippen LogP contribution is 2.20. The first-order valence-electron chi connectivity index (χ1n) is 5.83. The lowest BCUT2D eigenvalue weighted by molar-refractivity contribution is 0.101. The maximum atomic E-state index is 11.5.